The van der Waals surface area contributed by atoms with Gasteiger partial charge in [0.05, 0.1) is 11.5 Å². The lowest BCUT2D eigenvalue weighted by Crippen LogP contribution is -2.50. The molecule has 204 valence electrons. The van der Waals surface area contributed by atoms with Crippen LogP contribution in [-0.2, 0) is 30.7 Å². The van der Waals surface area contributed by atoms with Crippen molar-refractivity contribution in [2.45, 2.75) is 55.4 Å². The number of sulfone groups is 1. The van der Waals surface area contributed by atoms with Crippen molar-refractivity contribution in [2.24, 2.45) is 5.73 Å². The van der Waals surface area contributed by atoms with Crippen LogP contribution in [0.2, 0.25) is 6.32 Å². The quantitative estimate of drug-likeness (QED) is 0.158. The second-order valence-corrected chi connectivity index (χ2v) is 11.7. The Morgan fingerprint density at radius 1 is 1.03 bits per heavy atom. The maximum absolute atomic E-state index is 12.7. The number of piperazine rings is 1. The number of methoxy groups -OCH3 is 1. The molecule has 1 aromatic rings. The molecule has 1 fully saturated rings. The molecule has 0 radical (unpaired) electrons. The van der Waals surface area contributed by atoms with Gasteiger partial charge in [0.15, 0.2) is 9.84 Å². The highest BCUT2D eigenvalue weighted by Gasteiger charge is 2.35. The first-order chi connectivity index (χ1) is 17.0. The number of benzene rings is 1. The molecule has 4 N–H and O–H groups in total. The van der Waals surface area contributed by atoms with Crippen molar-refractivity contribution >= 4 is 22.9 Å². The molecule has 0 amide bonds. The smallest absolute Gasteiger partial charge is 0.451 e. The van der Waals surface area contributed by atoms with Crippen LogP contribution in [0.4, 0.5) is 0 Å². The number of nitrogens with zero attached hydrogens (tertiary/aromatic N) is 2. The lowest BCUT2D eigenvalue weighted by Gasteiger charge is -2.35. The lowest BCUT2D eigenvalue weighted by molar-refractivity contribution is -0.152. The molecule has 1 unspecified atom stereocenters. The third kappa shape index (κ3) is 10.8. The van der Waals surface area contributed by atoms with Crippen molar-refractivity contribution in [3.63, 3.8) is 0 Å². The summed E-state index contributed by atoms with van der Waals surface area (Å²) in [5.74, 6) is -0.434. The van der Waals surface area contributed by atoms with Gasteiger partial charge in [-0.15, -0.1) is 0 Å². The summed E-state index contributed by atoms with van der Waals surface area (Å²) in [6, 6.07) is 7.06. The molecule has 1 aromatic carbocycles. The Labute approximate surface area is 215 Å². The van der Waals surface area contributed by atoms with Crippen molar-refractivity contribution < 1.29 is 32.7 Å². The Kier molecular flexibility index (Phi) is 12.8. The molecule has 10 nitrogen and oxygen atoms in total. The molecule has 12 heteroatoms. The van der Waals surface area contributed by atoms with E-state index < -0.39 is 28.5 Å². The summed E-state index contributed by atoms with van der Waals surface area (Å²) < 4.78 is 33.5. The molecule has 0 aromatic heterocycles. The van der Waals surface area contributed by atoms with Crippen LogP contribution in [-0.4, -0.2) is 106 Å². The van der Waals surface area contributed by atoms with Crippen LogP contribution >= 0.6 is 0 Å². The van der Waals surface area contributed by atoms with Gasteiger partial charge in [0, 0.05) is 46.1 Å². The molecule has 1 aliphatic rings. The molecular weight excluding hydrogens is 485 g/mol. The number of nitrogens with two attached hydrogens (primary N) is 1. The number of esters is 1. The first kappa shape index (κ1) is 30.7. The predicted molar refractivity (Wildman–Crippen MR) is 139 cm³/mol. The zero-order valence-electron chi connectivity index (χ0n) is 21.6. The topological polar surface area (TPSA) is 143 Å². The van der Waals surface area contributed by atoms with E-state index in [9.17, 15) is 13.2 Å². The standard InChI is InChI=1S/C24H42BN3O7S/c1-34-18-19-35-23(29)24(26,10-3-4-12-25(30)31)11-5-13-27-14-16-28(17-15-27)20-21-6-8-22(9-7-21)36(2,32)33/h6-9,30-31H,3-5,10-20,26H2,1-2H3. The third-order valence-electron chi connectivity index (χ3n) is 6.58. The largest absolute Gasteiger partial charge is 0.462 e. The summed E-state index contributed by atoms with van der Waals surface area (Å²) in [5.41, 5.74) is 6.48. The fourth-order valence-electron chi connectivity index (χ4n) is 4.35. The van der Waals surface area contributed by atoms with E-state index in [1.807, 2.05) is 12.1 Å². The Morgan fingerprint density at radius 2 is 1.64 bits per heavy atom. The van der Waals surface area contributed by atoms with Crippen LogP contribution in [0.25, 0.3) is 0 Å². The molecular formula is C24H42BN3O7S. The Bertz CT molecular complexity index is 893. The van der Waals surface area contributed by atoms with E-state index in [2.05, 4.69) is 9.80 Å². The number of carbonyl (C=O) groups excluding carboxylic acids is 1. The molecule has 1 saturated heterocycles. The number of ether oxygens (including phenoxy) is 2. The summed E-state index contributed by atoms with van der Waals surface area (Å²) in [6.45, 7) is 5.70. The number of hydrogen-bond donors (Lipinski definition) is 3. The minimum atomic E-state index is -3.19. The fourth-order valence-corrected chi connectivity index (χ4v) is 4.98. The van der Waals surface area contributed by atoms with E-state index in [4.69, 9.17) is 25.3 Å². The monoisotopic (exact) mass is 527 g/mol. The second kappa shape index (κ2) is 15.0. The normalized spacial score (nSPS) is 17.0. The maximum atomic E-state index is 12.7. The molecule has 36 heavy (non-hydrogen) atoms. The van der Waals surface area contributed by atoms with Gasteiger partial charge in [0.1, 0.15) is 12.1 Å². The van der Waals surface area contributed by atoms with Crippen LogP contribution in [0.15, 0.2) is 29.2 Å². The second-order valence-electron chi connectivity index (χ2n) is 9.65. The van der Waals surface area contributed by atoms with Crippen molar-refractivity contribution in [1.82, 2.24) is 9.80 Å². The molecule has 0 aliphatic carbocycles. The number of unbranched alkanes of at least 4 members (excludes halogenated alkanes) is 1. The molecule has 0 spiro atoms. The van der Waals surface area contributed by atoms with Gasteiger partial charge >= 0.3 is 13.1 Å². The molecule has 0 bridgehead atoms. The van der Waals surface area contributed by atoms with Gasteiger partial charge in [-0.05, 0) is 49.8 Å². The molecule has 1 atom stereocenters. The van der Waals surface area contributed by atoms with Crippen LogP contribution in [0.1, 0.15) is 37.7 Å². The summed E-state index contributed by atoms with van der Waals surface area (Å²) in [7, 11) is -3.00. The zero-order chi connectivity index (χ0) is 26.6. The van der Waals surface area contributed by atoms with Crippen molar-refractivity contribution in [1.29, 1.82) is 0 Å². The summed E-state index contributed by atoms with van der Waals surface area (Å²) in [4.78, 5) is 17.7. The van der Waals surface area contributed by atoms with Crippen molar-refractivity contribution in [3.8, 4) is 0 Å². The van der Waals surface area contributed by atoms with Crippen LogP contribution < -0.4 is 5.73 Å². The summed E-state index contributed by atoms with van der Waals surface area (Å²) in [6.07, 6.45) is 4.32. The average Bonchev–Trinajstić information content (AvgIpc) is 2.83. The highest BCUT2D eigenvalue weighted by Crippen LogP contribution is 2.22. The minimum absolute atomic E-state index is 0.155. The highest BCUT2D eigenvalue weighted by molar-refractivity contribution is 7.90. The average molecular weight is 527 g/mol. The molecule has 0 saturated carbocycles. The lowest BCUT2D eigenvalue weighted by atomic mass is 9.81. The maximum Gasteiger partial charge on any atom is 0.451 e. The van der Waals surface area contributed by atoms with Gasteiger partial charge in [-0.1, -0.05) is 25.0 Å². The van der Waals surface area contributed by atoms with Crippen molar-refractivity contribution in [3.05, 3.63) is 29.8 Å². The van der Waals surface area contributed by atoms with Gasteiger partial charge < -0.3 is 30.2 Å². The van der Waals surface area contributed by atoms with Gasteiger partial charge in [0.25, 0.3) is 0 Å². The van der Waals surface area contributed by atoms with E-state index >= 15 is 0 Å². The van der Waals surface area contributed by atoms with Gasteiger partial charge in [-0.3, -0.25) is 9.69 Å². The highest BCUT2D eigenvalue weighted by atomic mass is 32.2. The van der Waals surface area contributed by atoms with E-state index in [0.29, 0.717) is 37.2 Å². The Hall–Kier alpha value is -1.54. The Balaban J connectivity index is 1.78. The van der Waals surface area contributed by atoms with Gasteiger partial charge in [-0.2, -0.15) is 0 Å². The zero-order valence-corrected chi connectivity index (χ0v) is 22.4. The predicted octanol–water partition coefficient (Wildman–Crippen LogP) is 0.518. The first-order valence-electron chi connectivity index (χ1n) is 12.6. The number of rotatable bonds is 16. The summed E-state index contributed by atoms with van der Waals surface area (Å²) in [5, 5.41) is 18.1. The number of hydrogen-bond acceptors (Lipinski definition) is 10. The Morgan fingerprint density at radius 3 is 2.22 bits per heavy atom. The molecule has 1 heterocycles. The summed E-state index contributed by atoms with van der Waals surface area (Å²) >= 11 is 0. The van der Waals surface area contributed by atoms with E-state index in [0.717, 1.165) is 51.3 Å². The number of carbonyl (C=O) groups is 1. The van der Waals surface area contributed by atoms with Gasteiger partial charge in [-0.25, -0.2) is 8.42 Å². The van der Waals surface area contributed by atoms with E-state index in [1.165, 1.54) is 13.4 Å². The van der Waals surface area contributed by atoms with E-state index in [1.54, 1.807) is 12.1 Å². The molecule has 1 aliphatic heterocycles. The first-order valence-corrected chi connectivity index (χ1v) is 14.5. The SMILES string of the molecule is COCCOC(=O)C(N)(CCCCB(O)O)CCCN1CCN(Cc2ccc(S(C)(=O)=O)cc2)CC1. The molecule has 2 rings (SSSR count). The minimum Gasteiger partial charge on any atom is -0.462 e. The van der Waals surface area contributed by atoms with Crippen LogP contribution in [0.3, 0.4) is 0 Å². The fraction of sp³-hybridized carbons (Fsp3) is 0.708. The van der Waals surface area contributed by atoms with Gasteiger partial charge in [0.2, 0.25) is 0 Å². The van der Waals surface area contributed by atoms with Crippen LogP contribution in [0, 0.1) is 0 Å². The van der Waals surface area contributed by atoms with E-state index in [-0.39, 0.29) is 12.9 Å². The van der Waals surface area contributed by atoms with Crippen LogP contribution in [0.5, 0.6) is 0 Å². The third-order valence-corrected chi connectivity index (χ3v) is 7.71. The van der Waals surface area contributed by atoms with Crippen molar-refractivity contribution in [2.75, 3.05) is 59.3 Å².